The van der Waals surface area contributed by atoms with Gasteiger partial charge in [0, 0.05) is 24.8 Å². The van der Waals surface area contributed by atoms with E-state index in [2.05, 4.69) is 35.7 Å². The molecule has 1 aromatic rings. The lowest BCUT2D eigenvalue weighted by Gasteiger charge is -2.19. The minimum atomic E-state index is 0. The van der Waals surface area contributed by atoms with Crippen molar-refractivity contribution in [2.75, 3.05) is 18.0 Å². The Labute approximate surface area is 116 Å². The second-order valence-electron chi connectivity index (χ2n) is 5.05. The summed E-state index contributed by atoms with van der Waals surface area (Å²) >= 11 is 0. The van der Waals surface area contributed by atoms with Gasteiger partial charge < -0.3 is 10.6 Å². The summed E-state index contributed by atoms with van der Waals surface area (Å²) in [7, 11) is 0. The summed E-state index contributed by atoms with van der Waals surface area (Å²) in [5, 5.41) is 0. The van der Waals surface area contributed by atoms with Crippen LogP contribution in [0.25, 0.3) is 0 Å². The van der Waals surface area contributed by atoms with E-state index in [0.29, 0.717) is 0 Å². The molecule has 1 aliphatic rings. The summed E-state index contributed by atoms with van der Waals surface area (Å²) in [5.41, 5.74) is 9.80. The summed E-state index contributed by atoms with van der Waals surface area (Å²) in [6, 6.07) is 8.78. The fraction of sp³-hybridized carbons (Fsp3) is 0.467. The van der Waals surface area contributed by atoms with E-state index in [1.54, 1.807) is 0 Å². The molecule has 0 bridgehead atoms. The van der Waals surface area contributed by atoms with Crippen LogP contribution in [-0.4, -0.2) is 13.1 Å². The molecular weight excluding hydrogens is 244 g/mol. The molecule has 0 amide bonds. The zero-order chi connectivity index (χ0) is 12.3. The molecule has 2 rings (SSSR count). The molecule has 18 heavy (non-hydrogen) atoms. The van der Waals surface area contributed by atoms with Gasteiger partial charge in [0.2, 0.25) is 0 Å². The number of nitrogens with two attached hydrogens (primary N) is 1. The first-order chi connectivity index (χ1) is 8.16. The fourth-order valence-corrected chi connectivity index (χ4v) is 2.40. The van der Waals surface area contributed by atoms with Crippen molar-refractivity contribution in [1.29, 1.82) is 0 Å². The van der Waals surface area contributed by atoms with Crippen molar-refractivity contribution >= 4 is 18.1 Å². The third-order valence-electron chi connectivity index (χ3n) is 3.36. The molecule has 3 heteroatoms. The number of hydrogen-bond acceptors (Lipinski definition) is 2. The molecule has 1 atom stereocenters. The molecule has 1 aliphatic heterocycles. The Morgan fingerprint density at radius 3 is 2.33 bits per heavy atom. The predicted molar refractivity (Wildman–Crippen MR) is 81.5 cm³/mol. The molecule has 0 spiro atoms. The van der Waals surface area contributed by atoms with E-state index in [0.717, 1.165) is 12.0 Å². The Hall–Kier alpha value is -0.990. The van der Waals surface area contributed by atoms with E-state index in [1.165, 1.54) is 37.2 Å². The highest BCUT2D eigenvalue weighted by molar-refractivity contribution is 5.85. The summed E-state index contributed by atoms with van der Waals surface area (Å²) in [4.78, 5) is 2.44. The normalized spacial score (nSPS) is 16.2. The van der Waals surface area contributed by atoms with Gasteiger partial charge in [-0.15, -0.1) is 19.0 Å². The minimum absolute atomic E-state index is 0. The molecule has 0 aliphatic carbocycles. The minimum Gasteiger partial charge on any atom is -0.372 e. The lowest BCUT2D eigenvalue weighted by Crippen LogP contribution is -2.17. The Kier molecular flexibility index (Phi) is 5.70. The average molecular weight is 267 g/mol. The Bertz CT molecular complexity index is 380. The van der Waals surface area contributed by atoms with Crippen LogP contribution in [-0.2, 0) is 0 Å². The first-order valence-corrected chi connectivity index (χ1v) is 6.41. The lowest BCUT2D eigenvalue weighted by atomic mass is 10.0. The maximum atomic E-state index is 6.13. The number of benzene rings is 1. The second-order valence-corrected chi connectivity index (χ2v) is 5.05. The summed E-state index contributed by atoms with van der Waals surface area (Å²) in [6.07, 6.45) is 3.50. The summed E-state index contributed by atoms with van der Waals surface area (Å²) in [5.74, 6) is 0. The summed E-state index contributed by atoms with van der Waals surface area (Å²) < 4.78 is 0. The monoisotopic (exact) mass is 266 g/mol. The van der Waals surface area contributed by atoms with Gasteiger partial charge in [-0.05, 0) is 43.9 Å². The van der Waals surface area contributed by atoms with Crippen LogP contribution in [0.2, 0.25) is 0 Å². The number of nitrogens with zero attached hydrogens (tertiary/aromatic N) is 1. The van der Waals surface area contributed by atoms with Crippen molar-refractivity contribution in [2.24, 2.45) is 5.73 Å². The number of halogens is 1. The highest BCUT2D eigenvalue weighted by Crippen LogP contribution is 2.24. The van der Waals surface area contributed by atoms with Gasteiger partial charge in [0.25, 0.3) is 0 Å². The summed E-state index contributed by atoms with van der Waals surface area (Å²) in [6.45, 7) is 8.32. The van der Waals surface area contributed by atoms with Crippen LogP contribution >= 0.6 is 12.4 Å². The van der Waals surface area contributed by atoms with Crippen molar-refractivity contribution in [1.82, 2.24) is 0 Å². The highest BCUT2D eigenvalue weighted by atomic mass is 35.5. The quantitative estimate of drug-likeness (QED) is 0.843. The molecule has 1 aromatic carbocycles. The molecule has 0 unspecified atom stereocenters. The van der Waals surface area contributed by atoms with Gasteiger partial charge in [0.15, 0.2) is 0 Å². The Morgan fingerprint density at radius 1 is 1.28 bits per heavy atom. The van der Waals surface area contributed by atoms with Crippen LogP contribution in [0.1, 0.15) is 37.8 Å². The SMILES string of the molecule is C=C(C)C[C@@H](N)c1ccc(N2CCCC2)cc1.Cl. The van der Waals surface area contributed by atoms with Gasteiger partial charge in [-0.1, -0.05) is 17.7 Å². The molecule has 100 valence electrons. The molecule has 2 nitrogen and oxygen atoms in total. The molecule has 0 aromatic heterocycles. The van der Waals surface area contributed by atoms with Crippen LogP contribution in [0.5, 0.6) is 0 Å². The van der Waals surface area contributed by atoms with Crippen molar-refractivity contribution in [3.05, 3.63) is 42.0 Å². The third-order valence-corrected chi connectivity index (χ3v) is 3.36. The predicted octanol–water partition coefficient (Wildman–Crippen LogP) is 3.67. The van der Waals surface area contributed by atoms with E-state index in [-0.39, 0.29) is 18.4 Å². The van der Waals surface area contributed by atoms with Crippen LogP contribution in [0.4, 0.5) is 5.69 Å². The third kappa shape index (κ3) is 3.76. The topological polar surface area (TPSA) is 29.3 Å². The maximum absolute atomic E-state index is 6.13. The molecule has 1 saturated heterocycles. The van der Waals surface area contributed by atoms with Crippen molar-refractivity contribution < 1.29 is 0 Å². The van der Waals surface area contributed by atoms with Gasteiger partial charge in [0.1, 0.15) is 0 Å². The molecule has 0 radical (unpaired) electrons. The fourth-order valence-electron chi connectivity index (χ4n) is 2.40. The maximum Gasteiger partial charge on any atom is 0.0366 e. The number of rotatable bonds is 4. The van der Waals surface area contributed by atoms with Crippen molar-refractivity contribution in [3.8, 4) is 0 Å². The van der Waals surface area contributed by atoms with E-state index in [1.807, 2.05) is 6.92 Å². The zero-order valence-corrected chi connectivity index (χ0v) is 11.9. The molecule has 1 heterocycles. The largest absolute Gasteiger partial charge is 0.372 e. The first-order valence-electron chi connectivity index (χ1n) is 6.41. The smallest absolute Gasteiger partial charge is 0.0366 e. The van der Waals surface area contributed by atoms with E-state index in [9.17, 15) is 0 Å². The van der Waals surface area contributed by atoms with Crippen LogP contribution < -0.4 is 10.6 Å². The standard InChI is InChI=1S/C15H22N2.ClH/c1-12(2)11-15(16)13-5-7-14(8-6-13)17-9-3-4-10-17;/h5-8,15H,1,3-4,9-11,16H2,2H3;1H/t15-;/m1./s1. The molecule has 2 N–H and O–H groups in total. The van der Waals surface area contributed by atoms with E-state index >= 15 is 0 Å². The van der Waals surface area contributed by atoms with E-state index < -0.39 is 0 Å². The lowest BCUT2D eigenvalue weighted by molar-refractivity contribution is 0.717. The second kappa shape index (κ2) is 6.81. The van der Waals surface area contributed by atoms with E-state index in [4.69, 9.17) is 5.73 Å². The zero-order valence-electron chi connectivity index (χ0n) is 11.1. The Balaban J connectivity index is 0.00000162. The van der Waals surface area contributed by atoms with Gasteiger partial charge in [-0.25, -0.2) is 0 Å². The first kappa shape index (κ1) is 15.1. The van der Waals surface area contributed by atoms with Crippen LogP contribution in [0.3, 0.4) is 0 Å². The van der Waals surface area contributed by atoms with Crippen molar-refractivity contribution in [3.63, 3.8) is 0 Å². The Morgan fingerprint density at radius 2 is 1.83 bits per heavy atom. The molecule has 0 saturated carbocycles. The van der Waals surface area contributed by atoms with Crippen LogP contribution in [0, 0.1) is 0 Å². The average Bonchev–Trinajstić information content (AvgIpc) is 2.82. The molecule has 1 fully saturated rings. The number of hydrogen-bond donors (Lipinski definition) is 1. The number of anilines is 1. The molecular formula is C15H23ClN2. The van der Waals surface area contributed by atoms with Gasteiger partial charge in [-0.2, -0.15) is 0 Å². The highest BCUT2D eigenvalue weighted by Gasteiger charge is 2.12. The van der Waals surface area contributed by atoms with Crippen molar-refractivity contribution in [2.45, 2.75) is 32.2 Å². The van der Waals surface area contributed by atoms with Gasteiger partial charge in [-0.3, -0.25) is 0 Å². The van der Waals surface area contributed by atoms with Crippen LogP contribution in [0.15, 0.2) is 36.4 Å². The van der Waals surface area contributed by atoms with Gasteiger partial charge in [0.05, 0.1) is 0 Å². The van der Waals surface area contributed by atoms with Gasteiger partial charge >= 0.3 is 0 Å².